The van der Waals surface area contributed by atoms with E-state index >= 15 is 0 Å². The van der Waals surface area contributed by atoms with Gasteiger partial charge in [-0.25, -0.2) is 4.98 Å². The summed E-state index contributed by atoms with van der Waals surface area (Å²) in [6.07, 6.45) is 0. The second-order valence-corrected chi connectivity index (χ2v) is 3.48. The molecule has 2 heterocycles. The van der Waals surface area contributed by atoms with Gasteiger partial charge in [-0.3, -0.25) is 0 Å². The minimum absolute atomic E-state index is 0.231. The largest absolute Gasteiger partial charge is 0.477 e. The van der Waals surface area contributed by atoms with Crippen molar-refractivity contribution in [1.29, 1.82) is 0 Å². The molecule has 0 amide bonds. The number of halogens is 1. The Bertz CT molecular complexity index is 429. The molecular weight excluding hydrogens is 208 g/mol. The van der Waals surface area contributed by atoms with Crippen LogP contribution in [0.15, 0.2) is 10.8 Å². The van der Waals surface area contributed by atoms with Crippen LogP contribution in [0.1, 0.15) is 6.92 Å². The summed E-state index contributed by atoms with van der Waals surface area (Å²) in [7, 11) is 0. The van der Waals surface area contributed by atoms with E-state index in [0.717, 1.165) is 10.9 Å². The molecule has 68 valence electrons. The third-order valence-corrected chi connectivity index (χ3v) is 2.46. The van der Waals surface area contributed by atoms with E-state index in [1.807, 2.05) is 17.7 Å². The van der Waals surface area contributed by atoms with E-state index in [9.17, 15) is 0 Å². The molecule has 0 N–H and O–H groups in total. The molecule has 0 fully saturated rings. The molecule has 5 heteroatoms. The fourth-order valence-electron chi connectivity index (χ4n) is 1.05. The Hall–Kier alpha value is -0.870. The smallest absolute Gasteiger partial charge is 0.226 e. The van der Waals surface area contributed by atoms with Crippen molar-refractivity contribution in [1.82, 2.24) is 9.97 Å². The first-order valence-corrected chi connectivity index (χ1v) is 5.15. The van der Waals surface area contributed by atoms with Crippen molar-refractivity contribution in [3.8, 4) is 5.88 Å². The predicted octanol–water partition coefficient (Wildman–Crippen LogP) is 2.74. The lowest BCUT2D eigenvalue weighted by molar-refractivity contribution is 0.331. The normalized spacial score (nSPS) is 10.6. The van der Waals surface area contributed by atoms with E-state index in [4.69, 9.17) is 16.3 Å². The summed E-state index contributed by atoms with van der Waals surface area (Å²) in [5, 5.41) is 5.04. The fourth-order valence-corrected chi connectivity index (χ4v) is 1.95. The van der Waals surface area contributed by atoms with E-state index in [1.165, 1.54) is 0 Å². The van der Waals surface area contributed by atoms with Gasteiger partial charge in [-0.2, -0.15) is 4.98 Å². The van der Waals surface area contributed by atoms with E-state index in [2.05, 4.69) is 9.97 Å². The molecule has 0 spiro atoms. The van der Waals surface area contributed by atoms with Crippen molar-refractivity contribution < 1.29 is 4.74 Å². The van der Waals surface area contributed by atoms with Gasteiger partial charge >= 0.3 is 0 Å². The average molecular weight is 215 g/mol. The van der Waals surface area contributed by atoms with Crippen LogP contribution in [-0.2, 0) is 0 Å². The highest BCUT2D eigenvalue weighted by Gasteiger charge is 2.07. The molecule has 2 aromatic rings. The molecule has 0 saturated carbocycles. The first-order chi connectivity index (χ1) is 6.31. The van der Waals surface area contributed by atoms with Crippen LogP contribution < -0.4 is 4.74 Å². The highest BCUT2D eigenvalue weighted by molar-refractivity contribution is 7.09. The van der Waals surface area contributed by atoms with E-state index in [0.29, 0.717) is 12.5 Å². The molecule has 0 atom stereocenters. The minimum Gasteiger partial charge on any atom is -0.477 e. The van der Waals surface area contributed by atoms with Gasteiger partial charge in [0.1, 0.15) is 0 Å². The van der Waals surface area contributed by atoms with Crippen LogP contribution in [0.25, 0.3) is 10.9 Å². The number of fused-ring (bicyclic) bond motifs is 1. The Morgan fingerprint density at radius 2 is 2.31 bits per heavy atom. The van der Waals surface area contributed by atoms with Gasteiger partial charge in [-0.1, -0.05) is 0 Å². The number of rotatable bonds is 2. The van der Waals surface area contributed by atoms with Gasteiger partial charge in [0.15, 0.2) is 0 Å². The maximum atomic E-state index is 5.72. The van der Waals surface area contributed by atoms with Gasteiger partial charge in [0, 0.05) is 10.8 Å². The van der Waals surface area contributed by atoms with E-state index in [1.54, 1.807) is 11.3 Å². The maximum Gasteiger partial charge on any atom is 0.226 e. The second kappa shape index (κ2) is 3.47. The lowest BCUT2D eigenvalue weighted by atomic mass is 10.4. The Morgan fingerprint density at radius 1 is 1.46 bits per heavy atom. The molecular formula is C8H7ClN2OS. The summed E-state index contributed by atoms with van der Waals surface area (Å²) in [5.41, 5.74) is 0.841. The molecule has 0 unspecified atom stereocenters. The van der Waals surface area contributed by atoms with Gasteiger partial charge in [0.2, 0.25) is 11.2 Å². The van der Waals surface area contributed by atoms with Gasteiger partial charge in [-0.05, 0) is 18.5 Å². The van der Waals surface area contributed by atoms with Crippen molar-refractivity contribution in [2.45, 2.75) is 6.92 Å². The second-order valence-electron chi connectivity index (χ2n) is 2.40. The first kappa shape index (κ1) is 8.72. The lowest BCUT2D eigenvalue weighted by Gasteiger charge is -2.02. The Kier molecular flexibility index (Phi) is 2.33. The summed E-state index contributed by atoms with van der Waals surface area (Å²) in [4.78, 5) is 8.07. The van der Waals surface area contributed by atoms with Crippen molar-refractivity contribution in [2.75, 3.05) is 6.61 Å². The van der Waals surface area contributed by atoms with E-state index in [-0.39, 0.29) is 5.28 Å². The summed E-state index contributed by atoms with van der Waals surface area (Å²) < 4.78 is 5.33. The zero-order chi connectivity index (χ0) is 9.26. The van der Waals surface area contributed by atoms with Gasteiger partial charge in [0.25, 0.3) is 0 Å². The topological polar surface area (TPSA) is 35.0 Å². The predicted molar refractivity (Wildman–Crippen MR) is 53.6 cm³/mol. The third kappa shape index (κ3) is 1.59. The monoisotopic (exact) mass is 214 g/mol. The van der Waals surface area contributed by atoms with Crippen molar-refractivity contribution in [3.63, 3.8) is 0 Å². The van der Waals surface area contributed by atoms with Gasteiger partial charge in [-0.15, -0.1) is 11.3 Å². The van der Waals surface area contributed by atoms with Crippen LogP contribution >= 0.6 is 22.9 Å². The van der Waals surface area contributed by atoms with Crippen molar-refractivity contribution in [3.05, 3.63) is 16.0 Å². The van der Waals surface area contributed by atoms with Gasteiger partial charge < -0.3 is 4.74 Å². The average Bonchev–Trinajstić information content (AvgIpc) is 2.52. The zero-order valence-corrected chi connectivity index (χ0v) is 8.52. The zero-order valence-electron chi connectivity index (χ0n) is 6.95. The third-order valence-electron chi connectivity index (χ3n) is 1.56. The summed E-state index contributed by atoms with van der Waals surface area (Å²) in [6.45, 7) is 2.49. The highest BCUT2D eigenvalue weighted by atomic mass is 35.5. The number of thiophene rings is 1. The lowest BCUT2D eigenvalue weighted by Crippen LogP contribution is -1.96. The molecule has 2 aromatic heterocycles. The SMILES string of the molecule is CCOc1nc(Cl)nc2cscc12. The number of aromatic nitrogens is 2. The molecule has 3 nitrogen and oxygen atoms in total. The number of hydrogen-bond donors (Lipinski definition) is 0. The molecule has 0 bridgehead atoms. The Morgan fingerprint density at radius 3 is 3.08 bits per heavy atom. The van der Waals surface area contributed by atoms with Crippen LogP contribution in [0.4, 0.5) is 0 Å². The minimum atomic E-state index is 0.231. The molecule has 13 heavy (non-hydrogen) atoms. The molecule has 0 aliphatic rings. The van der Waals surface area contributed by atoms with Crippen molar-refractivity contribution in [2.24, 2.45) is 0 Å². The maximum absolute atomic E-state index is 5.72. The standard InChI is InChI=1S/C8H7ClN2OS/c1-2-12-7-5-3-13-4-6(5)10-8(9)11-7/h3-4H,2H2,1H3. The number of ether oxygens (including phenoxy) is 1. The van der Waals surface area contributed by atoms with Gasteiger partial charge in [0.05, 0.1) is 17.5 Å². The molecule has 0 aliphatic heterocycles. The van der Waals surface area contributed by atoms with Crippen LogP contribution in [0.2, 0.25) is 5.28 Å². The Labute approximate surface area is 84.3 Å². The molecule has 2 rings (SSSR count). The van der Waals surface area contributed by atoms with Crippen LogP contribution in [-0.4, -0.2) is 16.6 Å². The first-order valence-electron chi connectivity index (χ1n) is 3.83. The molecule has 0 aromatic carbocycles. The fraction of sp³-hybridized carbons (Fsp3) is 0.250. The molecule has 0 saturated heterocycles. The summed E-state index contributed by atoms with van der Waals surface area (Å²) >= 11 is 7.28. The quantitative estimate of drug-likeness (QED) is 0.721. The van der Waals surface area contributed by atoms with E-state index < -0.39 is 0 Å². The summed E-state index contributed by atoms with van der Waals surface area (Å²) in [6, 6.07) is 0. The molecule has 0 radical (unpaired) electrons. The van der Waals surface area contributed by atoms with Crippen LogP contribution in [0.5, 0.6) is 5.88 Å². The Balaban J connectivity index is 2.63. The molecule has 0 aliphatic carbocycles. The van der Waals surface area contributed by atoms with Crippen molar-refractivity contribution >= 4 is 33.8 Å². The summed E-state index contributed by atoms with van der Waals surface area (Å²) in [5.74, 6) is 0.568. The number of nitrogens with zero attached hydrogens (tertiary/aromatic N) is 2. The number of hydrogen-bond acceptors (Lipinski definition) is 4. The highest BCUT2D eigenvalue weighted by Crippen LogP contribution is 2.26. The van der Waals surface area contributed by atoms with Crippen LogP contribution in [0.3, 0.4) is 0 Å². The van der Waals surface area contributed by atoms with Crippen LogP contribution in [0, 0.1) is 0 Å².